The first-order chi connectivity index (χ1) is 6.77. The van der Waals surface area contributed by atoms with Gasteiger partial charge in [0, 0.05) is 0 Å². The third-order valence-corrected chi connectivity index (χ3v) is 3.34. The quantitative estimate of drug-likeness (QED) is 0.824. The number of cyclic esters (lactones) is 1. The maximum Gasteiger partial charge on any atom is 0.407 e. The molecule has 4 heteroatoms. The molecule has 2 rings (SSSR count). The highest BCUT2D eigenvalue weighted by atomic mass is 79.9. The van der Waals surface area contributed by atoms with Gasteiger partial charge in [-0.25, -0.2) is 4.79 Å². The average molecular weight is 256 g/mol. The van der Waals surface area contributed by atoms with E-state index in [0.717, 1.165) is 5.56 Å². The van der Waals surface area contributed by atoms with Crippen LogP contribution < -0.4 is 5.32 Å². The molecule has 1 amide bonds. The first kappa shape index (κ1) is 9.52. The van der Waals surface area contributed by atoms with Gasteiger partial charge in [0.2, 0.25) is 0 Å². The van der Waals surface area contributed by atoms with Crippen LogP contribution in [0.1, 0.15) is 10.4 Å². The molecule has 1 fully saturated rings. The van der Waals surface area contributed by atoms with Gasteiger partial charge in [0.15, 0.2) is 0 Å². The van der Waals surface area contributed by atoms with Gasteiger partial charge >= 0.3 is 6.09 Å². The van der Waals surface area contributed by atoms with Crippen LogP contribution in [0.15, 0.2) is 30.3 Å². The first-order valence-electron chi connectivity index (χ1n) is 4.39. The van der Waals surface area contributed by atoms with E-state index in [-0.39, 0.29) is 17.0 Å². The molecule has 0 bridgehead atoms. The van der Waals surface area contributed by atoms with Crippen LogP contribution in [0, 0.1) is 0 Å². The van der Waals surface area contributed by atoms with Crippen molar-refractivity contribution in [1.82, 2.24) is 5.32 Å². The second kappa shape index (κ2) is 4.00. The fraction of sp³-hybridized carbons (Fsp3) is 0.300. The van der Waals surface area contributed by atoms with Crippen LogP contribution in [-0.4, -0.2) is 18.7 Å². The first-order valence-corrected chi connectivity index (χ1v) is 5.31. The molecule has 1 N–H and O–H groups in total. The summed E-state index contributed by atoms with van der Waals surface area (Å²) in [7, 11) is 0. The van der Waals surface area contributed by atoms with Crippen LogP contribution in [0.5, 0.6) is 0 Å². The number of alkyl carbamates (subject to hydrolysis) is 1. The molecule has 0 radical (unpaired) electrons. The summed E-state index contributed by atoms with van der Waals surface area (Å²) < 4.78 is 4.83. The number of alkyl halides is 1. The minimum absolute atomic E-state index is 0.0184. The normalized spacial score (nSPS) is 22.6. The van der Waals surface area contributed by atoms with Crippen molar-refractivity contribution in [2.45, 2.75) is 10.9 Å². The molecule has 1 aliphatic rings. The number of nitrogens with one attached hydrogen (secondary N) is 1. The molecule has 14 heavy (non-hydrogen) atoms. The average Bonchev–Trinajstić information content (AvgIpc) is 2.65. The van der Waals surface area contributed by atoms with Crippen LogP contribution in [0.3, 0.4) is 0 Å². The highest BCUT2D eigenvalue weighted by molar-refractivity contribution is 9.09. The predicted molar refractivity (Wildman–Crippen MR) is 56.4 cm³/mol. The van der Waals surface area contributed by atoms with Crippen molar-refractivity contribution in [2.24, 2.45) is 0 Å². The van der Waals surface area contributed by atoms with Crippen LogP contribution in [-0.2, 0) is 4.74 Å². The summed E-state index contributed by atoms with van der Waals surface area (Å²) in [5.41, 5.74) is 1.14. The Balaban J connectivity index is 2.09. The lowest BCUT2D eigenvalue weighted by molar-refractivity contribution is 0.177. The van der Waals surface area contributed by atoms with E-state index in [0.29, 0.717) is 6.61 Å². The minimum Gasteiger partial charge on any atom is -0.447 e. The monoisotopic (exact) mass is 255 g/mol. The molecule has 0 aliphatic carbocycles. The van der Waals surface area contributed by atoms with Gasteiger partial charge in [-0.05, 0) is 5.56 Å². The Hall–Kier alpha value is -1.03. The van der Waals surface area contributed by atoms with Crippen LogP contribution >= 0.6 is 15.9 Å². The Bertz CT molecular complexity index is 328. The van der Waals surface area contributed by atoms with Gasteiger partial charge in [-0.3, -0.25) is 0 Å². The number of hydrogen-bond donors (Lipinski definition) is 1. The fourth-order valence-corrected chi connectivity index (χ4v) is 2.02. The smallest absolute Gasteiger partial charge is 0.407 e. The number of hydrogen-bond acceptors (Lipinski definition) is 2. The van der Waals surface area contributed by atoms with Gasteiger partial charge in [0.05, 0.1) is 10.9 Å². The third-order valence-electron chi connectivity index (χ3n) is 2.17. The Morgan fingerprint density at radius 2 is 2.14 bits per heavy atom. The lowest BCUT2D eigenvalue weighted by atomic mass is 10.1. The summed E-state index contributed by atoms with van der Waals surface area (Å²) in [6.07, 6.45) is -0.338. The summed E-state index contributed by atoms with van der Waals surface area (Å²) in [6, 6.07) is 9.97. The van der Waals surface area contributed by atoms with E-state index in [1.54, 1.807) is 0 Å². The van der Waals surface area contributed by atoms with Gasteiger partial charge in [0.1, 0.15) is 6.61 Å². The molecule has 0 unspecified atom stereocenters. The van der Waals surface area contributed by atoms with Crippen molar-refractivity contribution in [1.29, 1.82) is 0 Å². The van der Waals surface area contributed by atoms with Crippen molar-refractivity contribution in [3.8, 4) is 0 Å². The van der Waals surface area contributed by atoms with Gasteiger partial charge in [-0.15, -0.1) is 0 Å². The molecule has 1 aromatic rings. The Morgan fingerprint density at radius 1 is 1.43 bits per heavy atom. The molecule has 3 nitrogen and oxygen atoms in total. The summed E-state index contributed by atoms with van der Waals surface area (Å²) in [4.78, 5) is 10.9. The Kier molecular flexibility index (Phi) is 2.72. The zero-order valence-electron chi connectivity index (χ0n) is 7.44. The lowest BCUT2D eigenvalue weighted by Crippen LogP contribution is -2.29. The predicted octanol–water partition coefficient (Wildman–Crippen LogP) is 2.23. The molecule has 74 valence electrons. The molecule has 1 aliphatic heterocycles. The van der Waals surface area contributed by atoms with E-state index in [1.165, 1.54) is 0 Å². The van der Waals surface area contributed by atoms with Gasteiger partial charge < -0.3 is 10.1 Å². The van der Waals surface area contributed by atoms with Crippen LogP contribution in [0.25, 0.3) is 0 Å². The number of ether oxygens (including phenoxy) is 1. The van der Waals surface area contributed by atoms with Gasteiger partial charge in [0.25, 0.3) is 0 Å². The second-order valence-corrected chi connectivity index (χ2v) is 4.15. The molecule has 0 spiro atoms. The number of rotatable bonds is 2. The number of benzene rings is 1. The van der Waals surface area contributed by atoms with Crippen molar-refractivity contribution in [3.63, 3.8) is 0 Å². The summed E-state index contributed by atoms with van der Waals surface area (Å²) in [5.74, 6) is 0. The molecule has 1 saturated heterocycles. The maximum atomic E-state index is 10.8. The number of carbonyl (C=O) groups is 1. The highest BCUT2D eigenvalue weighted by Crippen LogP contribution is 2.28. The SMILES string of the molecule is O=C1N[C@H]([C@H](Br)c2ccccc2)CO1. The lowest BCUT2D eigenvalue weighted by Gasteiger charge is -2.15. The molecule has 2 atom stereocenters. The van der Waals surface area contributed by atoms with Crippen molar-refractivity contribution in [2.75, 3.05) is 6.61 Å². The summed E-state index contributed by atoms with van der Waals surface area (Å²) in [6.45, 7) is 0.420. The van der Waals surface area contributed by atoms with E-state index in [1.807, 2.05) is 30.3 Å². The van der Waals surface area contributed by atoms with Gasteiger partial charge in [-0.1, -0.05) is 46.3 Å². The van der Waals surface area contributed by atoms with E-state index in [2.05, 4.69) is 21.2 Å². The van der Waals surface area contributed by atoms with Gasteiger partial charge in [-0.2, -0.15) is 0 Å². The Morgan fingerprint density at radius 3 is 2.71 bits per heavy atom. The van der Waals surface area contributed by atoms with Crippen LogP contribution in [0.4, 0.5) is 4.79 Å². The van der Waals surface area contributed by atoms with E-state index in [9.17, 15) is 4.79 Å². The summed E-state index contributed by atoms with van der Waals surface area (Å²) >= 11 is 3.55. The molecule has 0 saturated carbocycles. The van der Waals surface area contributed by atoms with Crippen molar-refractivity contribution in [3.05, 3.63) is 35.9 Å². The van der Waals surface area contributed by atoms with E-state index >= 15 is 0 Å². The van der Waals surface area contributed by atoms with E-state index < -0.39 is 0 Å². The van der Waals surface area contributed by atoms with Crippen LogP contribution in [0.2, 0.25) is 0 Å². The van der Waals surface area contributed by atoms with E-state index in [4.69, 9.17) is 4.74 Å². The number of amides is 1. The van der Waals surface area contributed by atoms with Crippen molar-refractivity contribution < 1.29 is 9.53 Å². The highest BCUT2D eigenvalue weighted by Gasteiger charge is 2.29. The zero-order chi connectivity index (χ0) is 9.97. The summed E-state index contributed by atoms with van der Waals surface area (Å²) in [5, 5.41) is 2.74. The number of carbonyl (C=O) groups excluding carboxylic acids is 1. The zero-order valence-corrected chi connectivity index (χ0v) is 9.03. The third kappa shape index (κ3) is 1.90. The Labute approximate surface area is 90.6 Å². The number of halogens is 1. The minimum atomic E-state index is -0.338. The largest absolute Gasteiger partial charge is 0.447 e. The molecular weight excluding hydrogens is 246 g/mol. The molecule has 0 aromatic heterocycles. The molecule has 1 aromatic carbocycles. The molecular formula is C10H10BrNO2. The topological polar surface area (TPSA) is 38.3 Å². The molecule has 1 heterocycles. The fourth-order valence-electron chi connectivity index (χ4n) is 1.43. The maximum absolute atomic E-state index is 10.8. The second-order valence-electron chi connectivity index (χ2n) is 3.16. The standard InChI is InChI=1S/C10H10BrNO2/c11-9(7-4-2-1-3-5-7)8-6-14-10(13)12-8/h1-5,8-9H,6H2,(H,12,13)/t8-,9+/m0/s1. The van der Waals surface area contributed by atoms with Crippen molar-refractivity contribution >= 4 is 22.0 Å².